The Morgan fingerprint density at radius 2 is 2.11 bits per heavy atom. The van der Waals surface area contributed by atoms with Crippen LogP contribution >= 0.6 is 15.9 Å². The van der Waals surface area contributed by atoms with Crippen LogP contribution in [0.3, 0.4) is 0 Å². The van der Waals surface area contributed by atoms with Crippen LogP contribution in [0.4, 0.5) is 5.88 Å². The summed E-state index contributed by atoms with van der Waals surface area (Å²) in [5.74, 6) is 0.863. The second kappa shape index (κ2) is 2.43. The molecule has 0 bridgehead atoms. The van der Waals surface area contributed by atoms with Crippen molar-refractivity contribution in [1.82, 2.24) is 0 Å². The lowest BCUT2D eigenvalue weighted by molar-refractivity contribution is 0.540. The Hall–Kier alpha value is -0.440. The number of halogens is 1. The standard InChI is InChI=1S/C6H8BrNO/c1-8(2)6-4-3-5(7)9-6/h3-4H,1-2H3. The molecule has 3 heteroatoms. The van der Waals surface area contributed by atoms with Gasteiger partial charge in [-0.3, -0.25) is 0 Å². The van der Waals surface area contributed by atoms with E-state index >= 15 is 0 Å². The zero-order valence-electron chi connectivity index (χ0n) is 5.39. The molecule has 1 aromatic rings. The van der Waals surface area contributed by atoms with Crippen LogP contribution in [0.25, 0.3) is 0 Å². The monoisotopic (exact) mass is 189 g/mol. The molecule has 2 nitrogen and oxygen atoms in total. The number of nitrogens with zero attached hydrogens (tertiary/aromatic N) is 1. The molecule has 0 saturated carbocycles. The highest BCUT2D eigenvalue weighted by molar-refractivity contribution is 9.10. The Kier molecular flexibility index (Phi) is 1.81. The van der Waals surface area contributed by atoms with Gasteiger partial charge in [-0.2, -0.15) is 0 Å². The molecule has 0 unspecified atom stereocenters. The van der Waals surface area contributed by atoms with Gasteiger partial charge in [-0.25, -0.2) is 0 Å². The van der Waals surface area contributed by atoms with Crippen LogP contribution < -0.4 is 4.90 Å². The molecule has 1 heterocycles. The molecule has 1 rings (SSSR count). The predicted octanol–water partition coefficient (Wildman–Crippen LogP) is 2.11. The van der Waals surface area contributed by atoms with Crippen LogP contribution in [0.2, 0.25) is 0 Å². The fourth-order valence-electron chi connectivity index (χ4n) is 0.545. The van der Waals surface area contributed by atoms with Gasteiger partial charge in [-0.15, -0.1) is 0 Å². The van der Waals surface area contributed by atoms with Gasteiger partial charge < -0.3 is 9.32 Å². The van der Waals surface area contributed by atoms with Gasteiger partial charge in [0.1, 0.15) is 0 Å². The van der Waals surface area contributed by atoms with Crippen molar-refractivity contribution < 1.29 is 4.42 Å². The van der Waals surface area contributed by atoms with Gasteiger partial charge in [0.25, 0.3) is 0 Å². The molecular weight excluding hydrogens is 182 g/mol. The van der Waals surface area contributed by atoms with Crippen molar-refractivity contribution in [1.29, 1.82) is 0 Å². The van der Waals surface area contributed by atoms with Crippen LogP contribution in [0.15, 0.2) is 21.2 Å². The summed E-state index contributed by atoms with van der Waals surface area (Å²) >= 11 is 3.21. The fraction of sp³-hybridized carbons (Fsp3) is 0.333. The number of anilines is 1. The first-order valence-corrected chi connectivity index (χ1v) is 3.42. The summed E-state index contributed by atoms with van der Waals surface area (Å²) in [4.78, 5) is 1.91. The lowest BCUT2D eigenvalue weighted by Gasteiger charge is -2.05. The molecule has 0 aliphatic carbocycles. The van der Waals surface area contributed by atoms with E-state index in [1.165, 1.54) is 0 Å². The molecule has 0 saturated heterocycles. The van der Waals surface area contributed by atoms with Crippen molar-refractivity contribution >= 4 is 21.8 Å². The van der Waals surface area contributed by atoms with E-state index in [2.05, 4.69) is 15.9 Å². The third-order valence-electron chi connectivity index (χ3n) is 1.000. The second-order valence-corrected chi connectivity index (χ2v) is 2.75. The number of rotatable bonds is 1. The van der Waals surface area contributed by atoms with Crippen molar-refractivity contribution in [2.45, 2.75) is 0 Å². The molecule has 0 aliphatic heterocycles. The van der Waals surface area contributed by atoms with Crippen molar-refractivity contribution in [3.8, 4) is 0 Å². The van der Waals surface area contributed by atoms with E-state index in [4.69, 9.17) is 4.42 Å². The molecule has 0 N–H and O–H groups in total. The summed E-state index contributed by atoms with van der Waals surface area (Å²) in [7, 11) is 3.87. The third-order valence-corrected chi connectivity index (χ3v) is 1.43. The lowest BCUT2D eigenvalue weighted by Crippen LogP contribution is -2.06. The van der Waals surface area contributed by atoms with E-state index in [0.29, 0.717) is 0 Å². The fourth-order valence-corrected chi connectivity index (χ4v) is 0.843. The molecule has 0 aliphatic rings. The van der Waals surface area contributed by atoms with Crippen molar-refractivity contribution in [2.75, 3.05) is 19.0 Å². The van der Waals surface area contributed by atoms with Crippen LogP contribution in [0, 0.1) is 0 Å². The van der Waals surface area contributed by atoms with E-state index in [-0.39, 0.29) is 0 Å². The van der Waals surface area contributed by atoms with E-state index in [1.54, 1.807) is 0 Å². The molecule has 0 fully saturated rings. The average Bonchev–Trinajstić information content (AvgIpc) is 2.14. The van der Waals surface area contributed by atoms with E-state index in [9.17, 15) is 0 Å². The predicted molar refractivity (Wildman–Crippen MR) is 40.7 cm³/mol. The Morgan fingerprint density at radius 3 is 2.33 bits per heavy atom. The van der Waals surface area contributed by atoms with Gasteiger partial charge in [0.05, 0.1) is 0 Å². The first-order chi connectivity index (χ1) is 4.20. The Balaban J connectivity index is 2.85. The van der Waals surface area contributed by atoms with Crippen molar-refractivity contribution in [3.05, 3.63) is 16.8 Å². The average molecular weight is 190 g/mol. The summed E-state index contributed by atoms with van der Waals surface area (Å²) in [5, 5.41) is 0. The van der Waals surface area contributed by atoms with Gasteiger partial charge >= 0.3 is 0 Å². The van der Waals surface area contributed by atoms with Crippen molar-refractivity contribution in [2.24, 2.45) is 0 Å². The van der Waals surface area contributed by atoms with Crippen LogP contribution in [0.1, 0.15) is 0 Å². The van der Waals surface area contributed by atoms with E-state index in [1.807, 2.05) is 31.1 Å². The van der Waals surface area contributed by atoms with Crippen LogP contribution in [0.5, 0.6) is 0 Å². The quantitative estimate of drug-likeness (QED) is 0.674. The highest BCUT2D eigenvalue weighted by Gasteiger charge is 1.98. The van der Waals surface area contributed by atoms with Gasteiger partial charge in [-0.05, 0) is 22.0 Å². The van der Waals surface area contributed by atoms with Crippen LogP contribution in [-0.2, 0) is 0 Å². The molecule has 0 radical (unpaired) electrons. The van der Waals surface area contributed by atoms with E-state index < -0.39 is 0 Å². The lowest BCUT2D eigenvalue weighted by atomic mass is 10.6. The number of furan rings is 1. The SMILES string of the molecule is CN(C)c1ccc(Br)o1. The van der Waals surface area contributed by atoms with Gasteiger partial charge in [0.15, 0.2) is 10.6 Å². The first kappa shape index (κ1) is 6.68. The van der Waals surface area contributed by atoms with Crippen molar-refractivity contribution in [3.63, 3.8) is 0 Å². The maximum absolute atomic E-state index is 5.19. The molecular formula is C6H8BrNO. The second-order valence-electron chi connectivity index (χ2n) is 1.97. The van der Waals surface area contributed by atoms with Gasteiger partial charge in [-0.1, -0.05) is 0 Å². The normalized spacial score (nSPS) is 9.67. The summed E-state index contributed by atoms with van der Waals surface area (Å²) < 4.78 is 5.96. The van der Waals surface area contributed by atoms with Crippen LogP contribution in [-0.4, -0.2) is 14.1 Å². The van der Waals surface area contributed by atoms with Gasteiger partial charge in [0, 0.05) is 20.2 Å². The maximum atomic E-state index is 5.19. The summed E-state index contributed by atoms with van der Waals surface area (Å²) in [6.45, 7) is 0. The summed E-state index contributed by atoms with van der Waals surface area (Å²) in [6, 6.07) is 3.78. The number of hydrogen-bond acceptors (Lipinski definition) is 2. The zero-order chi connectivity index (χ0) is 6.85. The zero-order valence-corrected chi connectivity index (χ0v) is 6.97. The third kappa shape index (κ3) is 1.48. The highest BCUT2D eigenvalue weighted by Crippen LogP contribution is 2.19. The van der Waals surface area contributed by atoms with Gasteiger partial charge in [0.2, 0.25) is 0 Å². The number of hydrogen-bond donors (Lipinski definition) is 0. The smallest absolute Gasteiger partial charge is 0.196 e. The molecule has 0 atom stereocenters. The molecule has 0 amide bonds. The minimum atomic E-state index is 0.770. The summed E-state index contributed by atoms with van der Waals surface area (Å²) in [6.07, 6.45) is 0. The highest BCUT2D eigenvalue weighted by atomic mass is 79.9. The Morgan fingerprint density at radius 1 is 1.44 bits per heavy atom. The molecule has 0 spiro atoms. The summed E-state index contributed by atoms with van der Waals surface area (Å²) in [5.41, 5.74) is 0. The Bertz CT molecular complexity index is 195. The first-order valence-electron chi connectivity index (χ1n) is 2.63. The van der Waals surface area contributed by atoms with E-state index in [0.717, 1.165) is 10.6 Å². The maximum Gasteiger partial charge on any atom is 0.196 e. The molecule has 9 heavy (non-hydrogen) atoms. The molecule has 0 aromatic carbocycles. The minimum Gasteiger partial charge on any atom is -0.434 e. The largest absolute Gasteiger partial charge is 0.434 e. The topological polar surface area (TPSA) is 16.4 Å². The molecule has 1 aromatic heterocycles. The Labute approximate surface area is 62.6 Å². The minimum absolute atomic E-state index is 0.770. The molecule has 50 valence electrons.